The van der Waals surface area contributed by atoms with Crippen molar-refractivity contribution in [2.45, 2.75) is 6.04 Å². The highest BCUT2D eigenvalue weighted by Gasteiger charge is 2.17. The number of aromatic nitrogens is 1. The number of carbonyl (C=O) groups excluding carboxylic acids is 1. The number of amides is 1. The molecule has 6 heteroatoms. The van der Waals surface area contributed by atoms with Gasteiger partial charge in [-0.2, -0.15) is 0 Å². The summed E-state index contributed by atoms with van der Waals surface area (Å²) in [4.78, 5) is 22.5. The van der Waals surface area contributed by atoms with Crippen molar-refractivity contribution in [1.82, 2.24) is 9.88 Å². The quantitative estimate of drug-likeness (QED) is 0.775. The van der Waals surface area contributed by atoms with E-state index in [1.54, 1.807) is 32.3 Å². The molecule has 0 aliphatic carbocycles. The van der Waals surface area contributed by atoms with Crippen LogP contribution in [0.3, 0.4) is 0 Å². The molecule has 1 unspecified atom stereocenters. The Bertz CT molecular complexity index is 626. The van der Waals surface area contributed by atoms with E-state index >= 15 is 0 Å². The Balaban J connectivity index is 2.61. The maximum atomic E-state index is 11.3. The molecule has 0 aliphatic rings. The van der Waals surface area contributed by atoms with Crippen molar-refractivity contribution in [2.24, 2.45) is 12.8 Å². The van der Waals surface area contributed by atoms with Crippen LogP contribution in [0.5, 0.6) is 0 Å². The molecule has 1 atom stereocenters. The summed E-state index contributed by atoms with van der Waals surface area (Å²) in [5, 5.41) is 2.82. The van der Waals surface area contributed by atoms with Gasteiger partial charge in [-0.1, -0.05) is 6.07 Å². The fraction of sp³-hybridized carbons (Fsp3) is 0.273. The zero-order chi connectivity index (χ0) is 12.6. The minimum absolute atomic E-state index is 0.433. The standard InChI is InChI=1S/C11H13N3O3/c1-13-9(10(12)15)6-3-4-8-7(5-6)14(2)11(16)17-8/h3-5,9,13H,1-2H3,(H2,12,15). The summed E-state index contributed by atoms with van der Waals surface area (Å²) >= 11 is 0. The van der Waals surface area contributed by atoms with E-state index in [2.05, 4.69) is 5.32 Å². The first-order chi connectivity index (χ1) is 8.04. The summed E-state index contributed by atoms with van der Waals surface area (Å²) in [7, 11) is 3.25. The van der Waals surface area contributed by atoms with E-state index in [4.69, 9.17) is 10.2 Å². The number of likely N-dealkylation sites (N-methyl/N-ethyl adjacent to an activating group) is 1. The smallest absolute Gasteiger partial charge is 0.408 e. The number of benzene rings is 1. The fourth-order valence-corrected chi connectivity index (χ4v) is 1.80. The zero-order valence-corrected chi connectivity index (χ0v) is 9.56. The van der Waals surface area contributed by atoms with Crippen molar-refractivity contribution < 1.29 is 9.21 Å². The SMILES string of the molecule is CNC(C(N)=O)c1ccc2oc(=O)n(C)c2c1. The number of rotatable bonds is 3. The average molecular weight is 235 g/mol. The van der Waals surface area contributed by atoms with Crippen molar-refractivity contribution >= 4 is 17.0 Å². The highest BCUT2D eigenvalue weighted by molar-refractivity contribution is 5.83. The molecule has 0 bridgehead atoms. The molecule has 17 heavy (non-hydrogen) atoms. The van der Waals surface area contributed by atoms with E-state index < -0.39 is 17.7 Å². The number of hydrogen-bond acceptors (Lipinski definition) is 4. The Labute approximate surface area is 97.0 Å². The van der Waals surface area contributed by atoms with Gasteiger partial charge in [0, 0.05) is 7.05 Å². The minimum atomic E-state index is -0.579. The third-order valence-electron chi connectivity index (χ3n) is 2.72. The maximum Gasteiger partial charge on any atom is 0.419 e. The number of oxazole rings is 1. The van der Waals surface area contributed by atoms with E-state index in [9.17, 15) is 9.59 Å². The van der Waals surface area contributed by atoms with Crippen molar-refractivity contribution in [2.75, 3.05) is 7.05 Å². The number of fused-ring (bicyclic) bond motifs is 1. The number of hydrogen-bond donors (Lipinski definition) is 2. The third kappa shape index (κ3) is 1.83. The number of aryl methyl sites for hydroxylation is 1. The lowest BCUT2D eigenvalue weighted by molar-refractivity contribution is -0.120. The molecule has 3 N–H and O–H groups in total. The van der Waals surface area contributed by atoms with Crippen LogP contribution in [-0.2, 0) is 11.8 Å². The molecular formula is C11H13N3O3. The van der Waals surface area contributed by atoms with Gasteiger partial charge < -0.3 is 15.5 Å². The molecule has 0 spiro atoms. The molecule has 0 radical (unpaired) electrons. The predicted molar refractivity (Wildman–Crippen MR) is 62.5 cm³/mol. The molecule has 1 amide bonds. The summed E-state index contributed by atoms with van der Waals surface area (Å²) in [6, 6.07) is 4.49. The molecule has 0 saturated carbocycles. The molecule has 2 aromatic rings. The first-order valence-electron chi connectivity index (χ1n) is 5.10. The van der Waals surface area contributed by atoms with Gasteiger partial charge in [0.05, 0.1) is 5.52 Å². The van der Waals surface area contributed by atoms with Gasteiger partial charge in [-0.25, -0.2) is 4.79 Å². The second kappa shape index (κ2) is 4.06. The molecule has 1 aromatic heterocycles. The van der Waals surface area contributed by atoms with Gasteiger partial charge in [0.15, 0.2) is 5.58 Å². The van der Waals surface area contributed by atoms with Gasteiger partial charge in [-0.3, -0.25) is 9.36 Å². The second-order valence-electron chi connectivity index (χ2n) is 3.78. The first kappa shape index (κ1) is 11.4. The molecule has 0 aliphatic heterocycles. The van der Waals surface area contributed by atoms with Gasteiger partial charge in [-0.05, 0) is 24.7 Å². The van der Waals surface area contributed by atoms with Crippen LogP contribution in [0.2, 0.25) is 0 Å². The Kier molecular flexibility index (Phi) is 2.72. The molecule has 1 aromatic carbocycles. The molecule has 6 nitrogen and oxygen atoms in total. The lowest BCUT2D eigenvalue weighted by atomic mass is 10.1. The lowest BCUT2D eigenvalue weighted by Crippen LogP contribution is -2.31. The van der Waals surface area contributed by atoms with Gasteiger partial charge in [0.25, 0.3) is 0 Å². The van der Waals surface area contributed by atoms with E-state index in [-0.39, 0.29) is 0 Å². The van der Waals surface area contributed by atoms with Gasteiger partial charge in [-0.15, -0.1) is 0 Å². The molecule has 90 valence electrons. The number of nitrogens with one attached hydrogen (secondary N) is 1. The van der Waals surface area contributed by atoms with E-state index in [0.717, 1.165) is 0 Å². The van der Waals surface area contributed by atoms with Crippen LogP contribution >= 0.6 is 0 Å². The average Bonchev–Trinajstić information content (AvgIpc) is 2.56. The van der Waals surface area contributed by atoms with Crippen LogP contribution in [0.1, 0.15) is 11.6 Å². The third-order valence-corrected chi connectivity index (χ3v) is 2.72. The zero-order valence-electron chi connectivity index (χ0n) is 9.56. The summed E-state index contributed by atoms with van der Waals surface area (Å²) in [6.07, 6.45) is 0. The highest BCUT2D eigenvalue weighted by Crippen LogP contribution is 2.19. The van der Waals surface area contributed by atoms with Crippen LogP contribution in [-0.4, -0.2) is 17.5 Å². The number of primary amides is 1. The molecular weight excluding hydrogens is 222 g/mol. The highest BCUT2D eigenvalue weighted by atomic mass is 16.4. The Morgan fingerprint density at radius 3 is 2.82 bits per heavy atom. The van der Waals surface area contributed by atoms with Crippen molar-refractivity contribution in [3.05, 3.63) is 34.3 Å². The van der Waals surface area contributed by atoms with Crippen LogP contribution in [0.15, 0.2) is 27.4 Å². The molecule has 1 heterocycles. The Hall–Kier alpha value is -2.08. The molecule has 0 fully saturated rings. The van der Waals surface area contributed by atoms with E-state index in [1.165, 1.54) is 4.57 Å². The van der Waals surface area contributed by atoms with Gasteiger partial charge >= 0.3 is 5.76 Å². The van der Waals surface area contributed by atoms with E-state index in [0.29, 0.717) is 16.7 Å². The van der Waals surface area contributed by atoms with Gasteiger partial charge in [0.2, 0.25) is 5.91 Å². The van der Waals surface area contributed by atoms with Crippen molar-refractivity contribution in [3.63, 3.8) is 0 Å². The Morgan fingerprint density at radius 1 is 1.53 bits per heavy atom. The largest absolute Gasteiger partial charge is 0.419 e. The van der Waals surface area contributed by atoms with E-state index in [1.807, 2.05) is 0 Å². The topological polar surface area (TPSA) is 90.3 Å². The summed E-state index contributed by atoms with van der Waals surface area (Å²) in [6.45, 7) is 0. The second-order valence-corrected chi connectivity index (χ2v) is 3.78. The van der Waals surface area contributed by atoms with Crippen molar-refractivity contribution in [1.29, 1.82) is 0 Å². The van der Waals surface area contributed by atoms with Crippen LogP contribution in [0.25, 0.3) is 11.1 Å². The lowest BCUT2D eigenvalue weighted by Gasteiger charge is -2.12. The maximum absolute atomic E-state index is 11.3. The monoisotopic (exact) mass is 235 g/mol. The van der Waals surface area contributed by atoms with Gasteiger partial charge in [0.1, 0.15) is 6.04 Å². The Morgan fingerprint density at radius 2 is 2.24 bits per heavy atom. The number of nitrogens with two attached hydrogens (primary N) is 1. The normalized spacial score (nSPS) is 12.8. The minimum Gasteiger partial charge on any atom is -0.408 e. The predicted octanol–water partition coefficient (Wildman–Crippen LogP) is -0.123. The number of nitrogens with zero attached hydrogens (tertiary/aromatic N) is 1. The molecule has 2 rings (SSSR count). The fourth-order valence-electron chi connectivity index (χ4n) is 1.80. The van der Waals surface area contributed by atoms with Crippen LogP contribution in [0, 0.1) is 0 Å². The van der Waals surface area contributed by atoms with Crippen LogP contribution in [0.4, 0.5) is 0 Å². The summed E-state index contributed by atoms with van der Waals surface area (Å²) in [5.41, 5.74) is 7.09. The summed E-state index contributed by atoms with van der Waals surface area (Å²) in [5.74, 6) is -0.905. The van der Waals surface area contributed by atoms with Crippen molar-refractivity contribution in [3.8, 4) is 0 Å². The number of carbonyl (C=O) groups is 1. The summed E-state index contributed by atoms with van der Waals surface area (Å²) < 4.78 is 6.38. The molecule has 0 saturated heterocycles. The van der Waals surface area contributed by atoms with Crippen LogP contribution < -0.4 is 16.8 Å². The first-order valence-corrected chi connectivity index (χ1v) is 5.10.